The monoisotopic (exact) mass is 200 g/mol. The maximum Gasteiger partial charge on any atom is 0.170 e. The molecule has 2 heteroatoms. The molecule has 0 saturated carbocycles. The fourth-order valence-electron chi connectivity index (χ4n) is 1.61. The van der Waals surface area contributed by atoms with Crippen LogP contribution >= 0.6 is 0 Å². The van der Waals surface area contributed by atoms with Crippen LogP contribution in [0.3, 0.4) is 0 Å². The Bertz CT molecular complexity index is 413. The van der Waals surface area contributed by atoms with Crippen LogP contribution in [-0.2, 0) is 0 Å². The number of carbonyl (C=O) groups is 1. The van der Waals surface area contributed by atoms with Crippen LogP contribution in [0.25, 0.3) is 0 Å². The molecule has 15 heavy (non-hydrogen) atoms. The van der Waals surface area contributed by atoms with E-state index in [0.717, 1.165) is 6.42 Å². The summed E-state index contributed by atoms with van der Waals surface area (Å²) < 4.78 is 0. The molecular formula is C13H12O2. The number of phenols is 1. The minimum Gasteiger partial charge on any atom is -0.508 e. The van der Waals surface area contributed by atoms with E-state index in [2.05, 4.69) is 0 Å². The Balaban J connectivity index is 2.17. The first kappa shape index (κ1) is 9.71. The number of carbonyl (C=O) groups excluding carboxylic acids is 1. The van der Waals surface area contributed by atoms with Crippen molar-refractivity contribution in [1.29, 1.82) is 0 Å². The van der Waals surface area contributed by atoms with Crippen LogP contribution in [0.5, 0.6) is 5.75 Å². The Labute approximate surface area is 88.6 Å². The van der Waals surface area contributed by atoms with Gasteiger partial charge in [-0.1, -0.05) is 24.3 Å². The van der Waals surface area contributed by atoms with Crippen molar-refractivity contribution in [3.05, 3.63) is 54.1 Å². The Kier molecular flexibility index (Phi) is 2.68. The van der Waals surface area contributed by atoms with E-state index in [1.165, 1.54) is 12.1 Å². The standard InChI is InChI=1S/C13H12O2/c14-12-8-6-11(7-9-12)13(15)10-4-2-1-3-5-10/h1-4,6-10,14H,5H2. The Morgan fingerprint density at radius 2 is 1.93 bits per heavy atom. The normalized spacial score (nSPS) is 19.1. The molecule has 1 N–H and O–H groups in total. The summed E-state index contributed by atoms with van der Waals surface area (Å²) in [6.45, 7) is 0. The molecule has 1 aromatic rings. The van der Waals surface area contributed by atoms with Gasteiger partial charge < -0.3 is 5.11 Å². The van der Waals surface area contributed by atoms with Crippen molar-refractivity contribution >= 4 is 5.78 Å². The van der Waals surface area contributed by atoms with Crippen LogP contribution in [-0.4, -0.2) is 10.9 Å². The molecule has 1 aliphatic rings. The number of allylic oxidation sites excluding steroid dienone is 4. The largest absolute Gasteiger partial charge is 0.508 e. The van der Waals surface area contributed by atoms with Gasteiger partial charge in [-0.2, -0.15) is 0 Å². The Morgan fingerprint density at radius 3 is 2.53 bits per heavy atom. The zero-order chi connectivity index (χ0) is 10.7. The smallest absolute Gasteiger partial charge is 0.170 e. The van der Waals surface area contributed by atoms with Crippen LogP contribution in [0.1, 0.15) is 16.8 Å². The SMILES string of the molecule is O=C(c1ccc(O)cc1)C1C=CC=CC1. The first-order valence-electron chi connectivity index (χ1n) is 4.94. The molecule has 0 amide bonds. The van der Waals surface area contributed by atoms with Gasteiger partial charge in [-0.3, -0.25) is 4.79 Å². The molecule has 0 radical (unpaired) electrons. The number of Topliss-reactive ketones (excluding diaryl/α,β-unsaturated/α-hetero) is 1. The highest BCUT2D eigenvalue weighted by molar-refractivity contribution is 5.99. The van der Waals surface area contributed by atoms with E-state index in [9.17, 15) is 4.79 Å². The van der Waals surface area contributed by atoms with Crippen molar-refractivity contribution in [2.75, 3.05) is 0 Å². The molecule has 0 bridgehead atoms. The Hall–Kier alpha value is -1.83. The van der Waals surface area contributed by atoms with Crippen molar-refractivity contribution in [1.82, 2.24) is 0 Å². The van der Waals surface area contributed by atoms with Gasteiger partial charge >= 0.3 is 0 Å². The van der Waals surface area contributed by atoms with Gasteiger partial charge in [-0.15, -0.1) is 0 Å². The number of hydrogen-bond donors (Lipinski definition) is 1. The lowest BCUT2D eigenvalue weighted by Crippen LogP contribution is -2.12. The molecule has 0 fully saturated rings. The lowest BCUT2D eigenvalue weighted by atomic mass is 9.92. The van der Waals surface area contributed by atoms with Gasteiger partial charge in [0.05, 0.1) is 0 Å². The summed E-state index contributed by atoms with van der Waals surface area (Å²) in [5.74, 6) is 0.237. The quantitative estimate of drug-likeness (QED) is 0.745. The summed E-state index contributed by atoms with van der Waals surface area (Å²) in [5, 5.41) is 9.11. The van der Waals surface area contributed by atoms with Gasteiger partial charge in [0.15, 0.2) is 5.78 Å². The predicted octanol–water partition coefficient (Wildman–Crippen LogP) is 2.71. The van der Waals surface area contributed by atoms with Crippen molar-refractivity contribution in [2.24, 2.45) is 5.92 Å². The maximum atomic E-state index is 11.9. The lowest BCUT2D eigenvalue weighted by Gasteiger charge is -2.11. The van der Waals surface area contributed by atoms with Crippen LogP contribution in [0.4, 0.5) is 0 Å². The first-order valence-corrected chi connectivity index (χ1v) is 4.94. The molecular weight excluding hydrogens is 188 g/mol. The van der Waals surface area contributed by atoms with E-state index in [4.69, 9.17) is 5.11 Å². The molecule has 1 aromatic carbocycles. The molecule has 0 aromatic heterocycles. The first-order chi connectivity index (χ1) is 7.27. The van der Waals surface area contributed by atoms with Crippen molar-refractivity contribution in [3.8, 4) is 5.75 Å². The van der Waals surface area contributed by atoms with Gasteiger partial charge in [0.1, 0.15) is 5.75 Å². The van der Waals surface area contributed by atoms with E-state index in [1.54, 1.807) is 12.1 Å². The number of aromatic hydroxyl groups is 1. The van der Waals surface area contributed by atoms with E-state index in [1.807, 2.05) is 24.3 Å². The van der Waals surface area contributed by atoms with Gasteiger partial charge in [0, 0.05) is 11.5 Å². The summed E-state index contributed by atoms with van der Waals surface area (Å²) in [6.07, 6.45) is 8.50. The van der Waals surface area contributed by atoms with Gasteiger partial charge in [-0.25, -0.2) is 0 Å². The summed E-state index contributed by atoms with van der Waals surface area (Å²) in [5.41, 5.74) is 0.651. The molecule has 76 valence electrons. The van der Waals surface area contributed by atoms with E-state index in [0.29, 0.717) is 5.56 Å². The predicted molar refractivity (Wildman–Crippen MR) is 58.8 cm³/mol. The number of hydrogen-bond acceptors (Lipinski definition) is 2. The zero-order valence-electron chi connectivity index (χ0n) is 8.26. The van der Waals surface area contributed by atoms with Crippen molar-refractivity contribution < 1.29 is 9.90 Å². The molecule has 2 nitrogen and oxygen atoms in total. The molecule has 1 unspecified atom stereocenters. The zero-order valence-corrected chi connectivity index (χ0v) is 8.26. The summed E-state index contributed by atoms with van der Waals surface area (Å²) in [6, 6.07) is 6.39. The average molecular weight is 200 g/mol. The highest BCUT2D eigenvalue weighted by Crippen LogP contribution is 2.19. The minimum absolute atomic E-state index is 0.0560. The summed E-state index contributed by atoms with van der Waals surface area (Å²) >= 11 is 0. The third-order valence-corrected chi connectivity index (χ3v) is 2.47. The highest BCUT2D eigenvalue weighted by Gasteiger charge is 2.16. The molecule has 1 atom stereocenters. The van der Waals surface area contributed by atoms with E-state index < -0.39 is 0 Å². The van der Waals surface area contributed by atoms with E-state index in [-0.39, 0.29) is 17.5 Å². The van der Waals surface area contributed by atoms with Gasteiger partial charge in [-0.05, 0) is 30.7 Å². The molecule has 0 spiro atoms. The number of benzene rings is 1. The second-order valence-electron chi connectivity index (χ2n) is 3.57. The number of ketones is 1. The highest BCUT2D eigenvalue weighted by atomic mass is 16.3. The topological polar surface area (TPSA) is 37.3 Å². The summed E-state index contributed by atoms with van der Waals surface area (Å²) in [7, 11) is 0. The second-order valence-corrected chi connectivity index (χ2v) is 3.57. The minimum atomic E-state index is -0.0560. The molecule has 0 saturated heterocycles. The van der Waals surface area contributed by atoms with Crippen LogP contribution < -0.4 is 0 Å². The van der Waals surface area contributed by atoms with Crippen LogP contribution in [0, 0.1) is 5.92 Å². The maximum absolute atomic E-state index is 11.9. The van der Waals surface area contributed by atoms with Gasteiger partial charge in [0.25, 0.3) is 0 Å². The van der Waals surface area contributed by atoms with Gasteiger partial charge in [0.2, 0.25) is 0 Å². The fraction of sp³-hybridized carbons (Fsp3) is 0.154. The van der Waals surface area contributed by atoms with Crippen LogP contribution in [0.15, 0.2) is 48.6 Å². The number of rotatable bonds is 2. The third-order valence-electron chi connectivity index (χ3n) is 2.47. The van der Waals surface area contributed by atoms with Crippen molar-refractivity contribution in [3.63, 3.8) is 0 Å². The molecule has 1 aliphatic carbocycles. The molecule has 0 aliphatic heterocycles. The summed E-state index contributed by atoms with van der Waals surface area (Å²) in [4.78, 5) is 11.9. The Morgan fingerprint density at radius 1 is 1.20 bits per heavy atom. The lowest BCUT2D eigenvalue weighted by molar-refractivity contribution is 0.0945. The number of phenolic OH excluding ortho intramolecular Hbond substituents is 1. The second kappa shape index (κ2) is 4.13. The van der Waals surface area contributed by atoms with Crippen LogP contribution in [0.2, 0.25) is 0 Å². The third kappa shape index (κ3) is 2.15. The fourth-order valence-corrected chi connectivity index (χ4v) is 1.61. The average Bonchev–Trinajstić information content (AvgIpc) is 2.30. The van der Waals surface area contributed by atoms with E-state index >= 15 is 0 Å². The molecule has 0 heterocycles. The molecule has 2 rings (SSSR count). The van der Waals surface area contributed by atoms with Crippen molar-refractivity contribution in [2.45, 2.75) is 6.42 Å².